The molecule has 2 aromatic rings. The quantitative estimate of drug-likeness (QED) is 0.922. The predicted molar refractivity (Wildman–Crippen MR) is 73.7 cm³/mol. The number of nitrogens with zero attached hydrogens (tertiary/aromatic N) is 1. The molecule has 0 spiro atoms. The van der Waals surface area contributed by atoms with E-state index in [-0.39, 0.29) is 17.7 Å². The number of benzene rings is 1. The first-order chi connectivity index (χ1) is 9.17. The van der Waals surface area contributed by atoms with Crippen LogP contribution in [0.4, 0.5) is 4.39 Å². The fourth-order valence-electron chi connectivity index (χ4n) is 3.06. The topological polar surface area (TPSA) is 40.2 Å². The SMILES string of the molecule is C[CH][C@@H](N)n1c2c(c3cc(F)c(OC)cc31)CCC2. The van der Waals surface area contributed by atoms with Crippen molar-refractivity contribution in [2.45, 2.75) is 32.4 Å². The molecule has 1 atom stereocenters. The number of aromatic nitrogens is 1. The molecule has 19 heavy (non-hydrogen) atoms. The second-order valence-corrected chi connectivity index (χ2v) is 4.98. The van der Waals surface area contributed by atoms with Crippen LogP contribution in [-0.4, -0.2) is 11.7 Å². The average Bonchev–Trinajstić information content (AvgIpc) is 2.97. The van der Waals surface area contributed by atoms with Crippen LogP contribution in [0.2, 0.25) is 0 Å². The minimum atomic E-state index is -0.309. The lowest BCUT2D eigenvalue weighted by Gasteiger charge is -2.16. The van der Waals surface area contributed by atoms with Crippen LogP contribution in [0, 0.1) is 12.2 Å². The summed E-state index contributed by atoms with van der Waals surface area (Å²) in [5, 5.41) is 0.975. The van der Waals surface area contributed by atoms with Crippen molar-refractivity contribution in [2.75, 3.05) is 7.11 Å². The Labute approximate surface area is 112 Å². The van der Waals surface area contributed by atoms with Gasteiger partial charge in [-0.2, -0.15) is 0 Å². The van der Waals surface area contributed by atoms with E-state index >= 15 is 0 Å². The highest BCUT2D eigenvalue weighted by Crippen LogP contribution is 2.37. The maximum Gasteiger partial charge on any atom is 0.165 e. The van der Waals surface area contributed by atoms with Crippen molar-refractivity contribution in [1.29, 1.82) is 0 Å². The van der Waals surface area contributed by atoms with E-state index < -0.39 is 0 Å². The smallest absolute Gasteiger partial charge is 0.165 e. The molecule has 4 heteroatoms. The van der Waals surface area contributed by atoms with Gasteiger partial charge in [-0.25, -0.2) is 4.39 Å². The van der Waals surface area contributed by atoms with Crippen LogP contribution in [0.3, 0.4) is 0 Å². The van der Waals surface area contributed by atoms with Crippen molar-refractivity contribution in [1.82, 2.24) is 4.57 Å². The molecular weight excluding hydrogens is 243 g/mol. The number of nitrogens with two attached hydrogens (primary N) is 1. The van der Waals surface area contributed by atoms with E-state index in [1.54, 1.807) is 12.1 Å². The van der Waals surface area contributed by atoms with E-state index in [9.17, 15) is 4.39 Å². The Morgan fingerprint density at radius 3 is 2.89 bits per heavy atom. The van der Waals surface area contributed by atoms with Crippen LogP contribution in [0.25, 0.3) is 10.9 Å². The molecule has 0 saturated carbocycles. The van der Waals surface area contributed by atoms with Gasteiger partial charge in [0, 0.05) is 17.1 Å². The third-order valence-corrected chi connectivity index (χ3v) is 3.97. The number of hydrogen-bond acceptors (Lipinski definition) is 2. The summed E-state index contributed by atoms with van der Waals surface area (Å²) in [5.74, 6) is -0.0378. The van der Waals surface area contributed by atoms with Crippen molar-refractivity contribution in [3.63, 3.8) is 0 Å². The van der Waals surface area contributed by atoms with Gasteiger partial charge in [0.1, 0.15) is 0 Å². The first-order valence-corrected chi connectivity index (χ1v) is 6.61. The van der Waals surface area contributed by atoms with Gasteiger partial charge in [0.25, 0.3) is 0 Å². The zero-order valence-electron chi connectivity index (χ0n) is 11.2. The molecule has 1 aromatic carbocycles. The summed E-state index contributed by atoms with van der Waals surface area (Å²) in [4.78, 5) is 0. The Hall–Kier alpha value is -1.55. The lowest BCUT2D eigenvalue weighted by molar-refractivity contribution is 0.387. The molecular formula is C15H18FN2O. The molecule has 1 aliphatic rings. The van der Waals surface area contributed by atoms with Crippen LogP contribution in [-0.2, 0) is 12.8 Å². The van der Waals surface area contributed by atoms with Gasteiger partial charge in [-0.3, -0.25) is 0 Å². The Kier molecular flexibility index (Phi) is 2.97. The summed E-state index contributed by atoms with van der Waals surface area (Å²) < 4.78 is 21.1. The minimum Gasteiger partial charge on any atom is -0.494 e. The Bertz CT molecular complexity index is 633. The average molecular weight is 261 g/mol. The number of halogens is 1. The second-order valence-electron chi connectivity index (χ2n) is 4.98. The minimum absolute atomic E-state index is 0.181. The molecule has 1 aromatic heterocycles. The molecule has 0 amide bonds. The highest BCUT2D eigenvalue weighted by molar-refractivity contribution is 5.87. The molecule has 101 valence electrons. The van der Waals surface area contributed by atoms with Gasteiger partial charge in [-0.15, -0.1) is 0 Å². The molecule has 0 aliphatic heterocycles. The highest BCUT2D eigenvalue weighted by atomic mass is 19.1. The lowest BCUT2D eigenvalue weighted by atomic mass is 10.1. The van der Waals surface area contributed by atoms with Crippen LogP contribution in [0.15, 0.2) is 12.1 Å². The van der Waals surface area contributed by atoms with Crippen molar-refractivity contribution in [3.05, 3.63) is 35.6 Å². The first kappa shape index (κ1) is 12.5. The zero-order chi connectivity index (χ0) is 13.6. The molecule has 3 nitrogen and oxygen atoms in total. The normalized spacial score (nSPS) is 15.8. The maximum atomic E-state index is 13.9. The van der Waals surface area contributed by atoms with E-state index in [4.69, 9.17) is 10.5 Å². The summed E-state index contributed by atoms with van der Waals surface area (Å²) >= 11 is 0. The number of methoxy groups -OCH3 is 1. The molecule has 0 fully saturated rings. The zero-order valence-corrected chi connectivity index (χ0v) is 11.2. The summed E-state index contributed by atoms with van der Waals surface area (Å²) in [5.41, 5.74) is 9.63. The molecule has 1 aliphatic carbocycles. The van der Waals surface area contributed by atoms with Crippen molar-refractivity contribution >= 4 is 10.9 Å². The molecule has 2 N–H and O–H groups in total. The molecule has 1 radical (unpaired) electrons. The summed E-state index contributed by atoms with van der Waals surface area (Å²) in [6.45, 7) is 1.94. The molecule has 1 heterocycles. The van der Waals surface area contributed by atoms with Gasteiger partial charge in [0.15, 0.2) is 11.6 Å². The van der Waals surface area contributed by atoms with E-state index in [1.165, 1.54) is 18.4 Å². The molecule has 0 bridgehead atoms. The van der Waals surface area contributed by atoms with E-state index in [0.29, 0.717) is 0 Å². The van der Waals surface area contributed by atoms with Crippen molar-refractivity contribution in [3.8, 4) is 5.75 Å². The number of rotatable bonds is 3. The van der Waals surface area contributed by atoms with Gasteiger partial charge >= 0.3 is 0 Å². The van der Waals surface area contributed by atoms with E-state index in [0.717, 1.165) is 30.2 Å². The van der Waals surface area contributed by atoms with Crippen molar-refractivity contribution < 1.29 is 9.13 Å². The molecule has 0 unspecified atom stereocenters. The standard InChI is InChI=1S/C15H18FN2O/c1-3-15(17)18-12-6-4-5-9(12)10-7-11(16)14(19-2)8-13(10)18/h3,7-8,15H,4-6,17H2,1-2H3/t15-/m0/s1. The summed E-state index contributed by atoms with van der Waals surface area (Å²) in [7, 11) is 1.48. The summed E-state index contributed by atoms with van der Waals surface area (Å²) in [6.07, 6.45) is 4.90. The van der Waals surface area contributed by atoms with Crippen LogP contribution >= 0.6 is 0 Å². The molecule has 3 rings (SSSR count). The third-order valence-electron chi connectivity index (χ3n) is 3.97. The Balaban J connectivity index is 2.33. The van der Waals surface area contributed by atoms with Gasteiger partial charge in [-0.1, -0.05) is 6.92 Å². The summed E-state index contributed by atoms with van der Waals surface area (Å²) in [6, 6.07) is 3.34. The fourth-order valence-corrected chi connectivity index (χ4v) is 3.06. The largest absolute Gasteiger partial charge is 0.494 e. The van der Waals surface area contributed by atoms with Crippen LogP contribution < -0.4 is 10.5 Å². The third kappa shape index (κ3) is 1.74. The van der Waals surface area contributed by atoms with E-state index in [1.807, 2.05) is 13.3 Å². The van der Waals surface area contributed by atoms with Gasteiger partial charge in [-0.05, 0) is 37.3 Å². The first-order valence-electron chi connectivity index (χ1n) is 6.61. The highest BCUT2D eigenvalue weighted by Gasteiger charge is 2.25. The fraction of sp³-hybridized carbons (Fsp3) is 0.400. The number of aryl methyl sites for hydroxylation is 1. The van der Waals surface area contributed by atoms with Gasteiger partial charge in [0.2, 0.25) is 0 Å². The van der Waals surface area contributed by atoms with Crippen molar-refractivity contribution in [2.24, 2.45) is 5.73 Å². The molecule has 0 saturated heterocycles. The number of hydrogen-bond donors (Lipinski definition) is 1. The predicted octanol–water partition coefficient (Wildman–Crippen LogP) is 2.96. The number of fused-ring (bicyclic) bond motifs is 3. The monoisotopic (exact) mass is 261 g/mol. The Morgan fingerprint density at radius 2 is 2.21 bits per heavy atom. The number of ether oxygens (including phenoxy) is 1. The van der Waals surface area contributed by atoms with Gasteiger partial charge < -0.3 is 15.0 Å². The van der Waals surface area contributed by atoms with Gasteiger partial charge in [0.05, 0.1) is 18.8 Å². The van der Waals surface area contributed by atoms with E-state index in [2.05, 4.69) is 4.57 Å². The van der Waals surface area contributed by atoms with Crippen LogP contribution in [0.1, 0.15) is 30.8 Å². The second kappa shape index (κ2) is 4.53. The lowest BCUT2D eigenvalue weighted by Crippen LogP contribution is -2.19. The maximum absolute atomic E-state index is 13.9. The van der Waals surface area contributed by atoms with Crippen LogP contribution in [0.5, 0.6) is 5.75 Å². The Morgan fingerprint density at radius 1 is 1.42 bits per heavy atom.